The van der Waals surface area contributed by atoms with Crippen molar-refractivity contribution in [3.63, 3.8) is 0 Å². The predicted octanol–water partition coefficient (Wildman–Crippen LogP) is 0.208. The molecular weight excluding hydrogens is 182 g/mol. The Morgan fingerprint density at radius 2 is 1.79 bits per heavy atom. The van der Waals surface area contributed by atoms with E-state index in [1.807, 2.05) is 0 Å². The van der Waals surface area contributed by atoms with Gasteiger partial charge in [-0.2, -0.15) is 0 Å². The molecule has 0 saturated carbocycles. The molecule has 2 fully saturated rings. The number of nitrogens with zero attached hydrogens (tertiary/aromatic N) is 1. The fourth-order valence-electron chi connectivity index (χ4n) is 2.20. The van der Waals surface area contributed by atoms with Crippen LogP contribution >= 0.6 is 0 Å². The van der Waals surface area contributed by atoms with E-state index in [1.54, 1.807) is 0 Å². The van der Waals surface area contributed by atoms with Gasteiger partial charge in [0, 0.05) is 39.1 Å². The average molecular weight is 201 g/mol. The Balaban J connectivity index is 1.74. The van der Waals surface area contributed by atoms with Gasteiger partial charge in [0.25, 0.3) is 0 Å². The van der Waals surface area contributed by atoms with E-state index >= 15 is 0 Å². The summed E-state index contributed by atoms with van der Waals surface area (Å²) in [6.07, 6.45) is 2.81. The predicted molar refractivity (Wildman–Crippen MR) is 52.0 cm³/mol. The standard InChI is InChI=1S/C10H19NO3/c12-7-1-4-11-5-2-10(3-6-11)13-8-9-14-10/h12H,1-9H2. The summed E-state index contributed by atoms with van der Waals surface area (Å²) < 4.78 is 11.3. The molecule has 14 heavy (non-hydrogen) atoms. The molecule has 0 atom stereocenters. The summed E-state index contributed by atoms with van der Waals surface area (Å²) in [4.78, 5) is 2.37. The van der Waals surface area contributed by atoms with E-state index in [0.717, 1.165) is 52.1 Å². The first-order valence-electron chi connectivity index (χ1n) is 5.46. The van der Waals surface area contributed by atoms with E-state index < -0.39 is 0 Å². The molecule has 0 aromatic rings. The maximum absolute atomic E-state index is 8.73. The second-order valence-corrected chi connectivity index (χ2v) is 4.03. The van der Waals surface area contributed by atoms with Crippen molar-refractivity contribution in [1.82, 2.24) is 4.90 Å². The molecule has 2 aliphatic heterocycles. The Kier molecular flexibility index (Phi) is 3.38. The van der Waals surface area contributed by atoms with Gasteiger partial charge in [0.05, 0.1) is 13.2 Å². The number of hydrogen-bond donors (Lipinski definition) is 1. The summed E-state index contributed by atoms with van der Waals surface area (Å²) in [5.41, 5.74) is 0. The zero-order chi connectivity index (χ0) is 9.86. The average Bonchev–Trinajstić information content (AvgIpc) is 2.66. The van der Waals surface area contributed by atoms with Crippen LogP contribution in [0.3, 0.4) is 0 Å². The Hall–Kier alpha value is -0.160. The molecule has 1 spiro atoms. The lowest BCUT2D eigenvalue weighted by molar-refractivity contribution is -0.185. The van der Waals surface area contributed by atoms with Gasteiger partial charge in [0.2, 0.25) is 0 Å². The number of hydrogen-bond acceptors (Lipinski definition) is 4. The van der Waals surface area contributed by atoms with Gasteiger partial charge in [-0.15, -0.1) is 0 Å². The third kappa shape index (κ3) is 2.25. The smallest absolute Gasteiger partial charge is 0.170 e. The maximum atomic E-state index is 8.73. The van der Waals surface area contributed by atoms with Crippen LogP contribution in [0.5, 0.6) is 0 Å². The molecule has 4 nitrogen and oxygen atoms in total. The fraction of sp³-hybridized carbons (Fsp3) is 1.00. The van der Waals surface area contributed by atoms with Gasteiger partial charge in [-0.25, -0.2) is 0 Å². The summed E-state index contributed by atoms with van der Waals surface area (Å²) in [5.74, 6) is -0.254. The molecule has 2 rings (SSSR count). The lowest BCUT2D eigenvalue weighted by Crippen LogP contribution is -2.45. The first-order chi connectivity index (χ1) is 6.85. The van der Waals surface area contributed by atoms with E-state index in [2.05, 4.69) is 4.90 Å². The van der Waals surface area contributed by atoms with Crippen LogP contribution < -0.4 is 0 Å². The van der Waals surface area contributed by atoms with Crippen molar-refractivity contribution in [1.29, 1.82) is 0 Å². The van der Waals surface area contributed by atoms with Crippen molar-refractivity contribution in [3.05, 3.63) is 0 Å². The summed E-state index contributed by atoms with van der Waals surface area (Å²) in [6, 6.07) is 0. The third-order valence-electron chi connectivity index (χ3n) is 3.06. The number of likely N-dealkylation sites (tertiary alicyclic amines) is 1. The molecule has 0 aliphatic carbocycles. The molecule has 0 aromatic carbocycles. The molecule has 2 aliphatic rings. The minimum Gasteiger partial charge on any atom is -0.396 e. The number of ether oxygens (including phenoxy) is 2. The van der Waals surface area contributed by atoms with Crippen LogP contribution in [-0.4, -0.2) is 55.2 Å². The van der Waals surface area contributed by atoms with Crippen LogP contribution in [0, 0.1) is 0 Å². The minimum atomic E-state index is -0.254. The van der Waals surface area contributed by atoms with E-state index in [-0.39, 0.29) is 12.4 Å². The second-order valence-electron chi connectivity index (χ2n) is 4.03. The molecule has 0 radical (unpaired) electrons. The maximum Gasteiger partial charge on any atom is 0.170 e. The van der Waals surface area contributed by atoms with Gasteiger partial charge in [-0.3, -0.25) is 0 Å². The van der Waals surface area contributed by atoms with Crippen molar-refractivity contribution in [3.8, 4) is 0 Å². The molecule has 0 amide bonds. The quantitative estimate of drug-likeness (QED) is 0.708. The van der Waals surface area contributed by atoms with Crippen LogP contribution in [0.25, 0.3) is 0 Å². The molecule has 4 heteroatoms. The second kappa shape index (κ2) is 4.57. The largest absolute Gasteiger partial charge is 0.396 e. The zero-order valence-electron chi connectivity index (χ0n) is 8.57. The molecule has 0 unspecified atom stereocenters. The Labute approximate surface area is 84.8 Å². The number of piperidine rings is 1. The summed E-state index contributed by atoms with van der Waals surface area (Å²) in [7, 11) is 0. The fourth-order valence-corrected chi connectivity index (χ4v) is 2.20. The highest BCUT2D eigenvalue weighted by atomic mass is 16.7. The SMILES string of the molecule is OCCCN1CCC2(CC1)OCCO2. The summed E-state index contributed by atoms with van der Waals surface area (Å²) >= 11 is 0. The normalized spacial score (nSPS) is 27.2. The lowest BCUT2D eigenvalue weighted by Gasteiger charge is -2.37. The molecule has 0 bridgehead atoms. The monoisotopic (exact) mass is 201 g/mol. The van der Waals surface area contributed by atoms with E-state index in [0.29, 0.717) is 0 Å². The van der Waals surface area contributed by atoms with E-state index in [9.17, 15) is 0 Å². The molecule has 1 N–H and O–H groups in total. The van der Waals surface area contributed by atoms with Gasteiger partial charge < -0.3 is 19.5 Å². The number of aliphatic hydroxyl groups is 1. The van der Waals surface area contributed by atoms with Gasteiger partial charge >= 0.3 is 0 Å². The van der Waals surface area contributed by atoms with Crippen LogP contribution in [0.2, 0.25) is 0 Å². The molecule has 0 aromatic heterocycles. The Morgan fingerprint density at radius 1 is 1.14 bits per heavy atom. The van der Waals surface area contributed by atoms with Gasteiger partial charge in [0.15, 0.2) is 5.79 Å². The Bertz CT molecular complexity index is 170. The van der Waals surface area contributed by atoms with Gasteiger partial charge in [0.1, 0.15) is 0 Å². The summed E-state index contributed by atoms with van der Waals surface area (Å²) in [5, 5.41) is 8.73. The van der Waals surface area contributed by atoms with E-state index in [1.165, 1.54) is 0 Å². The van der Waals surface area contributed by atoms with Gasteiger partial charge in [-0.1, -0.05) is 0 Å². The summed E-state index contributed by atoms with van der Waals surface area (Å²) in [6.45, 7) is 4.83. The molecule has 2 saturated heterocycles. The number of rotatable bonds is 3. The van der Waals surface area contributed by atoms with Gasteiger partial charge in [-0.05, 0) is 6.42 Å². The van der Waals surface area contributed by atoms with Crippen molar-refractivity contribution < 1.29 is 14.6 Å². The molecule has 82 valence electrons. The minimum absolute atomic E-state index is 0.254. The van der Waals surface area contributed by atoms with Crippen LogP contribution in [0.1, 0.15) is 19.3 Å². The zero-order valence-corrected chi connectivity index (χ0v) is 8.57. The van der Waals surface area contributed by atoms with E-state index in [4.69, 9.17) is 14.6 Å². The van der Waals surface area contributed by atoms with Crippen LogP contribution in [0.4, 0.5) is 0 Å². The van der Waals surface area contributed by atoms with Crippen LogP contribution in [0.15, 0.2) is 0 Å². The highest BCUT2D eigenvalue weighted by Gasteiger charge is 2.39. The first kappa shape index (κ1) is 10.4. The van der Waals surface area contributed by atoms with Crippen molar-refractivity contribution in [2.75, 3.05) is 39.5 Å². The topological polar surface area (TPSA) is 41.9 Å². The van der Waals surface area contributed by atoms with Crippen molar-refractivity contribution in [2.45, 2.75) is 25.0 Å². The molecule has 2 heterocycles. The number of aliphatic hydroxyl groups excluding tert-OH is 1. The highest BCUT2D eigenvalue weighted by Crippen LogP contribution is 2.31. The third-order valence-corrected chi connectivity index (χ3v) is 3.06. The van der Waals surface area contributed by atoms with Crippen molar-refractivity contribution >= 4 is 0 Å². The van der Waals surface area contributed by atoms with Crippen molar-refractivity contribution in [2.24, 2.45) is 0 Å². The lowest BCUT2D eigenvalue weighted by atomic mass is 10.0. The molecular formula is C10H19NO3. The highest BCUT2D eigenvalue weighted by molar-refractivity contribution is 4.82. The Morgan fingerprint density at radius 3 is 2.36 bits per heavy atom. The first-order valence-corrected chi connectivity index (χ1v) is 5.46. The van der Waals surface area contributed by atoms with Crippen LogP contribution in [-0.2, 0) is 9.47 Å².